The lowest BCUT2D eigenvalue weighted by molar-refractivity contribution is -0.697. The minimum Gasteiger partial charge on any atom is -1.00 e. The van der Waals surface area contributed by atoms with Gasteiger partial charge < -0.3 is 17.0 Å². The van der Waals surface area contributed by atoms with Crippen LogP contribution in [-0.4, -0.2) is 11.6 Å². The van der Waals surface area contributed by atoms with E-state index < -0.39 is 0 Å². The molecule has 1 aromatic carbocycles. The Kier molecular flexibility index (Phi) is 10.2. The predicted molar refractivity (Wildman–Crippen MR) is 116 cm³/mol. The second-order valence-electron chi connectivity index (χ2n) is 8.00. The molecular weight excluding hydrogens is 438 g/mol. The highest BCUT2D eigenvalue weighted by molar-refractivity contribution is 6.26. The molecule has 1 aromatic heterocycles. The number of aryl methyl sites for hydroxylation is 1. The van der Waals surface area contributed by atoms with Crippen molar-refractivity contribution >= 4 is 11.6 Å². The summed E-state index contributed by atoms with van der Waals surface area (Å²) in [5.41, 5.74) is 2.51. The van der Waals surface area contributed by atoms with Crippen molar-refractivity contribution in [3.63, 3.8) is 0 Å². The van der Waals surface area contributed by atoms with Crippen LogP contribution >= 0.6 is 0 Å². The minimum absolute atomic E-state index is 0. The van der Waals surface area contributed by atoms with E-state index in [1.54, 1.807) is 19.1 Å². The fraction of sp³-hybridized carbons (Fsp3) is 0.423. The molecule has 160 valence electrons. The van der Waals surface area contributed by atoms with Gasteiger partial charge in [0.1, 0.15) is 6.54 Å². The van der Waals surface area contributed by atoms with Crippen LogP contribution in [0.5, 0.6) is 0 Å². The molecular formula is C26H32BrNO2. The number of unbranched alkanes of at least 4 members (excludes halogenated alkanes) is 7. The van der Waals surface area contributed by atoms with Crippen LogP contribution in [0.1, 0.15) is 85.4 Å². The number of pyridine rings is 1. The average Bonchev–Trinajstić information content (AvgIpc) is 2.76. The standard InChI is InChI=1S/C26H32NO2.BrH/c1-21-22(26(29)24-17-11-10-16-23(24)25(21)28)15-9-6-4-2-3-5-7-12-18-27-19-13-8-14-20-27;/h8,10-11,13-14,16-17,19-20H,2-7,9,12,15,18H2,1H3;1H/q+1;/p-1. The maximum atomic E-state index is 12.7. The third kappa shape index (κ3) is 6.46. The summed E-state index contributed by atoms with van der Waals surface area (Å²) in [6.07, 6.45) is 14.6. The Hall–Kier alpha value is -2.07. The van der Waals surface area contributed by atoms with E-state index in [4.69, 9.17) is 0 Å². The first-order valence-electron chi connectivity index (χ1n) is 11.0. The van der Waals surface area contributed by atoms with Gasteiger partial charge in [0.05, 0.1) is 0 Å². The highest BCUT2D eigenvalue weighted by atomic mass is 79.9. The quantitative estimate of drug-likeness (QED) is 0.374. The molecule has 0 saturated carbocycles. The average molecular weight is 470 g/mol. The van der Waals surface area contributed by atoms with Crippen molar-refractivity contribution in [2.75, 3.05) is 0 Å². The number of ketones is 2. The number of aromatic nitrogens is 1. The smallest absolute Gasteiger partial charge is 0.190 e. The maximum absolute atomic E-state index is 12.7. The molecule has 0 unspecified atom stereocenters. The molecule has 1 aliphatic carbocycles. The Morgan fingerprint density at radius 1 is 0.667 bits per heavy atom. The van der Waals surface area contributed by atoms with Gasteiger partial charge in [-0.2, -0.15) is 0 Å². The minimum atomic E-state index is 0. The zero-order valence-corrected chi connectivity index (χ0v) is 19.5. The monoisotopic (exact) mass is 469 g/mol. The van der Waals surface area contributed by atoms with Gasteiger partial charge in [-0.3, -0.25) is 9.59 Å². The number of rotatable bonds is 11. The first kappa shape index (κ1) is 24.2. The van der Waals surface area contributed by atoms with Gasteiger partial charge in [-0.1, -0.05) is 62.4 Å². The Morgan fingerprint density at radius 2 is 1.20 bits per heavy atom. The number of halogens is 1. The second kappa shape index (κ2) is 12.6. The third-order valence-electron chi connectivity index (χ3n) is 5.85. The van der Waals surface area contributed by atoms with Crippen molar-refractivity contribution in [2.45, 2.75) is 71.3 Å². The number of hydrogen-bond donors (Lipinski definition) is 0. The van der Waals surface area contributed by atoms with Gasteiger partial charge in [0.2, 0.25) is 0 Å². The van der Waals surface area contributed by atoms with Crippen LogP contribution in [0.2, 0.25) is 0 Å². The first-order valence-corrected chi connectivity index (χ1v) is 11.0. The lowest BCUT2D eigenvalue weighted by Crippen LogP contribution is -3.00. The normalized spacial score (nSPS) is 13.2. The van der Waals surface area contributed by atoms with Crippen LogP contribution < -0.4 is 21.5 Å². The fourth-order valence-corrected chi connectivity index (χ4v) is 4.09. The van der Waals surface area contributed by atoms with Crippen LogP contribution in [-0.2, 0) is 6.54 Å². The fourth-order valence-electron chi connectivity index (χ4n) is 4.09. The van der Waals surface area contributed by atoms with Crippen LogP contribution in [0, 0.1) is 0 Å². The summed E-state index contributed by atoms with van der Waals surface area (Å²) in [5, 5.41) is 0. The molecule has 0 bridgehead atoms. The van der Waals surface area contributed by atoms with Crippen molar-refractivity contribution in [1.82, 2.24) is 0 Å². The highest BCUT2D eigenvalue weighted by Crippen LogP contribution is 2.29. The molecule has 4 heteroatoms. The molecule has 3 nitrogen and oxygen atoms in total. The van der Waals surface area contributed by atoms with E-state index in [2.05, 4.69) is 35.2 Å². The molecule has 0 N–H and O–H groups in total. The lowest BCUT2D eigenvalue weighted by atomic mass is 9.82. The van der Waals surface area contributed by atoms with E-state index in [-0.39, 0.29) is 28.5 Å². The Bertz CT molecular complexity index is 874. The number of carbonyl (C=O) groups excluding carboxylic acids is 2. The number of benzene rings is 1. The van der Waals surface area contributed by atoms with Gasteiger partial charge in [-0.25, -0.2) is 4.57 Å². The molecule has 0 aliphatic heterocycles. The summed E-state index contributed by atoms with van der Waals surface area (Å²) < 4.78 is 2.24. The van der Waals surface area contributed by atoms with Gasteiger partial charge >= 0.3 is 0 Å². The highest BCUT2D eigenvalue weighted by Gasteiger charge is 2.28. The van der Waals surface area contributed by atoms with Gasteiger partial charge in [-0.15, -0.1) is 0 Å². The van der Waals surface area contributed by atoms with Crippen LogP contribution in [0.25, 0.3) is 0 Å². The van der Waals surface area contributed by atoms with Crippen LogP contribution in [0.4, 0.5) is 0 Å². The summed E-state index contributed by atoms with van der Waals surface area (Å²) in [6, 6.07) is 13.4. The molecule has 0 atom stereocenters. The predicted octanol–water partition coefficient (Wildman–Crippen LogP) is 2.88. The largest absolute Gasteiger partial charge is 1.00 e. The van der Waals surface area contributed by atoms with E-state index in [0.29, 0.717) is 16.7 Å². The van der Waals surface area contributed by atoms with Crippen molar-refractivity contribution in [3.05, 3.63) is 77.1 Å². The molecule has 0 amide bonds. The maximum Gasteiger partial charge on any atom is 0.190 e. The van der Waals surface area contributed by atoms with Crippen molar-refractivity contribution in [2.24, 2.45) is 0 Å². The molecule has 2 aromatic rings. The van der Waals surface area contributed by atoms with E-state index in [1.165, 1.54) is 38.5 Å². The topological polar surface area (TPSA) is 38.0 Å². The molecule has 0 fully saturated rings. The number of nitrogens with zero attached hydrogens (tertiary/aromatic N) is 1. The van der Waals surface area contributed by atoms with Crippen molar-refractivity contribution in [1.29, 1.82) is 0 Å². The number of allylic oxidation sites excluding steroid dienone is 2. The van der Waals surface area contributed by atoms with E-state index >= 15 is 0 Å². The summed E-state index contributed by atoms with van der Waals surface area (Å²) in [4.78, 5) is 25.2. The Labute approximate surface area is 191 Å². The van der Waals surface area contributed by atoms with Gasteiger partial charge in [0.15, 0.2) is 24.0 Å². The molecule has 1 aliphatic rings. The second-order valence-corrected chi connectivity index (χ2v) is 8.00. The summed E-state index contributed by atoms with van der Waals surface area (Å²) in [5.74, 6) is 0.0675. The summed E-state index contributed by atoms with van der Waals surface area (Å²) in [6.45, 7) is 2.91. The van der Waals surface area contributed by atoms with E-state index in [9.17, 15) is 9.59 Å². The molecule has 30 heavy (non-hydrogen) atoms. The molecule has 0 radical (unpaired) electrons. The van der Waals surface area contributed by atoms with Gasteiger partial charge in [0.25, 0.3) is 0 Å². The third-order valence-corrected chi connectivity index (χ3v) is 5.85. The molecule has 0 saturated heterocycles. The van der Waals surface area contributed by atoms with E-state index in [1.807, 2.05) is 12.1 Å². The van der Waals surface area contributed by atoms with Gasteiger partial charge in [-0.05, 0) is 26.2 Å². The van der Waals surface area contributed by atoms with Crippen LogP contribution in [0.15, 0.2) is 66.0 Å². The first-order chi connectivity index (χ1) is 14.2. The Morgan fingerprint density at radius 3 is 1.83 bits per heavy atom. The van der Waals surface area contributed by atoms with Crippen molar-refractivity contribution in [3.8, 4) is 0 Å². The number of fused-ring (bicyclic) bond motifs is 1. The van der Waals surface area contributed by atoms with Gasteiger partial charge in [0, 0.05) is 40.8 Å². The molecule has 3 rings (SSSR count). The lowest BCUT2D eigenvalue weighted by Gasteiger charge is -2.18. The summed E-state index contributed by atoms with van der Waals surface area (Å²) >= 11 is 0. The SMILES string of the molecule is CC1=C(CCCCCCCCCC[n+]2ccccc2)C(=O)c2ccccc2C1=O.[Br-]. The zero-order valence-electron chi connectivity index (χ0n) is 17.9. The number of Topliss-reactive ketones (excluding diaryl/α,β-unsaturated/α-hetero) is 2. The molecule has 0 spiro atoms. The summed E-state index contributed by atoms with van der Waals surface area (Å²) in [7, 11) is 0. The van der Waals surface area contributed by atoms with Crippen molar-refractivity contribution < 1.29 is 31.1 Å². The van der Waals surface area contributed by atoms with E-state index in [0.717, 1.165) is 31.4 Å². The molecule has 1 heterocycles. The number of carbonyl (C=O) groups is 2. The van der Waals surface area contributed by atoms with Crippen LogP contribution in [0.3, 0.4) is 0 Å². The Balaban J connectivity index is 0.00000320. The zero-order chi connectivity index (χ0) is 20.5. The number of hydrogen-bond acceptors (Lipinski definition) is 2.